The van der Waals surface area contributed by atoms with Crippen LogP contribution in [0.3, 0.4) is 0 Å². The molecule has 15 aromatic rings. The molecule has 0 aliphatic rings. The van der Waals surface area contributed by atoms with E-state index >= 15 is 0 Å². The largest absolute Gasteiger partial charge is 0.309 e. The third kappa shape index (κ3) is 4.79. The van der Waals surface area contributed by atoms with Crippen LogP contribution in [0.4, 0.5) is 0 Å². The van der Waals surface area contributed by atoms with Gasteiger partial charge in [0.2, 0.25) is 0 Å². The van der Waals surface area contributed by atoms with Crippen molar-refractivity contribution in [3.8, 4) is 16.8 Å². The first-order chi connectivity index (χ1) is 32.5. The van der Waals surface area contributed by atoms with Crippen LogP contribution in [0.1, 0.15) is 52.7 Å². The molecule has 4 nitrogen and oxygen atoms in total. The third-order valence-electron chi connectivity index (χ3n) is 15.3. The Hall–Kier alpha value is -7.95. The van der Waals surface area contributed by atoms with Gasteiger partial charge in [0.1, 0.15) is 5.65 Å². The summed E-state index contributed by atoms with van der Waals surface area (Å²) in [5.74, 6) is 0. The van der Waals surface area contributed by atoms with E-state index in [0.29, 0.717) is 0 Å². The highest BCUT2D eigenvalue weighted by atomic mass is 15.0. The molecule has 6 heterocycles. The minimum Gasteiger partial charge on any atom is -0.309 e. The molecule has 6 aromatic heterocycles. The number of hydrogen-bond donors (Lipinski definition) is 0. The number of nitrogens with zero attached hydrogens (tertiary/aromatic N) is 4. The molecule has 0 unspecified atom stereocenters. The number of fused-ring (bicyclic) bond motifs is 19. The summed E-state index contributed by atoms with van der Waals surface area (Å²) < 4.78 is 7.51. The van der Waals surface area contributed by atoms with E-state index in [0.717, 1.165) is 22.4 Å². The molecule has 0 N–H and O–H groups in total. The van der Waals surface area contributed by atoms with Gasteiger partial charge in [-0.3, -0.25) is 4.40 Å². The number of para-hydroxylation sites is 2. The zero-order valence-corrected chi connectivity index (χ0v) is 38.5. The Morgan fingerprint density at radius 2 is 0.985 bits per heavy atom. The molecule has 4 heteroatoms. The summed E-state index contributed by atoms with van der Waals surface area (Å²) in [7, 11) is 0. The van der Waals surface area contributed by atoms with Gasteiger partial charge in [0.05, 0.1) is 44.1 Å². The van der Waals surface area contributed by atoms with Crippen LogP contribution in [0, 0.1) is 0 Å². The Morgan fingerprint density at radius 1 is 0.373 bits per heavy atom. The second-order valence-electron chi connectivity index (χ2n) is 21.2. The third-order valence-corrected chi connectivity index (χ3v) is 15.3. The van der Waals surface area contributed by atoms with Crippen LogP contribution in [0.25, 0.3) is 137 Å². The zero-order chi connectivity index (χ0) is 44.8. The molecule has 67 heavy (non-hydrogen) atoms. The van der Waals surface area contributed by atoms with E-state index in [2.05, 4.69) is 225 Å². The number of rotatable bonds is 2. The Bertz CT molecular complexity index is 4620. The van der Waals surface area contributed by atoms with Crippen LogP contribution in [-0.4, -0.2) is 18.4 Å². The van der Waals surface area contributed by atoms with Crippen molar-refractivity contribution < 1.29 is 0 Å². The summed E-state index contributed by atoms with van der Waals surface area (Å²) in [6.07, 6.45) is 0. The Balaban J connectivity index is 1.14. The first-order valence-electron chi connectivity index (χ1n) is 23.7. The predicted octanol–water partition coefficient (Wildman–Crippen LogP) is 17.0. The number of aromatic nitrogens is 4. The molecule has 15 rings (SSSR count). The van der Waals surface area contributed by atoms with Gasteiger partial charge in [-0.1, -0.05) is 145 Å². The molecule has 0 spiro atoms. The molecule has 0 bridgehead atoms. The summed E-state index contributed by atoms with van der Waals surface area (Å²) in [5, 5.41) is 16.3. The molecule has 0 saturated heterocycles. The average molecular weight is 859 g/mol. The fraction of sp³-hybridized carbons (Fsp3) is 0.127. The monoisotopic (exact) mass is 858 g/mol. The van der Waals surface area contributed by atoms with Gasteiger partial charge in [-0.15, -0.1) is 0 Å². The SMILES string of the molecule is CC(C)(C)c1cc2c3cc4c(nc3n3c5c(-c6ccc7c(c6)c6ccccc6n7-c6ccccc6)cc6ccccc6c5c(c1)c23)c1cc(C(C)(C)C)cc2c3ccc5ccccc5c3n4c21. The van der Waals surface area contributed by atoms with E-state index in [1.807, 2.05) is 0 Å². The maximum absolute atomic E-state index is 5.99. The van der Waals surface area contributed by atoms with Gasteiger partial charge in [0.15, 0.2) is 0 Å². The molecule has 0 fully saturated rings. The van der Waals surface area contributed by atoms with Gasteiger partial charge in [0.25, 0.3) is 0 Å². The van der Waals surface area contributed by atoms with E-state index in [1.165, 1.54) is 125 Å². The van der Waals surface area contributed by atoms with Crippen LogP contribution in [0.15, 0.2) is 170 Å². The lowest BCUT2D eigenvalue weighted by Crippen LogP contribution is -2.10. The molecular weight excluding hydrogens is 813 g/mol. The summed E-state index contributed by atoms with van der Waals surface area (Å²) in [4.78, 5) is 5.99. The summed E-state index contributed by atoms with van der Waals surface area (Å²) in [6.45, 7) is 14.0. The number of benzene rings is 9. The van der Waals surface area contributed by atoms with Crippen molar-refractivity contribution in [1.29, 1.82) is 0 Å². The molecule has 0 atom stereocenters. The molecule has 0 aliphatic carbocycles. The van der Waals surface area contributed by atoms with E-state index in [9.17, 15) is 0 Å². The van der Waals surface area contributed by atoms with Crippen molar-refractivity contribution in [2.75, 3.05) is 0 Å². The van der Waals surface area contributed by atoms with Crippen molar-refractivity contribution in [2.45, 2.75) is 52.4 Å². The quantitative estimate of drug-likeness (QED) is 0.170. The van der Waals surface area contributed by atoms with E-state index in [4.69, 9.17) is 4.98 Å². The summed E-state index contributed by atoms with van der Waals surface area (Å²) >= 11 is 0. The van der Waals surface area contributed by atoms with E-state index in [1.54, 1.807) is 0 Å². The lowest BCUT2D eigenvalue weighted by Gasteiger charge is -2.19. The van der Waals surface area contributed by atoms with Gasteiger partial charge in [-0.2, -0.15) is 0 Å². The van der Waals surface area contributed by atoms with Crippen molar-refractivity contribution in [3.63, 3.8) is 0 Å². The lowest BCUT2D eigenvalue weighted by atomic mass is 9.85. The van der Waals surface area contributed by atoms with Crippen molar-refractivity contribution in [3.05, 3.63) is 181 Å². The van der Waals surface area contributed by atoms with Crippen LogP contribution in [0.5, 0.6) is 0 Å². The van der Waals surface area contributed by atoms with Gasteiger partial charge in [-0.25, -0.2) is 4.98 Å². The van der Waals surface area contributed by atoms with Crippen molar-refractivity contribution >= 4 is 120 Å². The smallest absolute Gasteiger partial charge is 0.146 e. The van der Waals surface area contributed by atoms with Crippen LogP contribution in [-0.2, 0) is 10.8 Å². The molecule has 0 saturated carbocycles. The first-order valence-corrected chi connectivity index (χ1v) is 23.7. The Labute approximate surface area is 386 Å². The number of pyridine rings is 1. The average Bonchev–Trinajstić information content (AvgIpc) is 4.13. The van der Waals surface area contributed by atoms with Gasteiger partial charge in [-0.05, 0) is 110 Å². The van der Waals surface area contributed by atoms with Crippen LogP contribution < -0.4 is 0 Å². The van der Waals surface area contributed by atoms with Gasteiger partial charge < -0.3 is 8.97 Å². The fourth-order valence-electron chi connectivity index (χ4n) is 12.1. The predicted molar refractivity (Wildman–Crippen MR) is 286 cm³/mol. The molecular formula is C63H46N4. The second kappa shape index (κ2) is 12.5. The maximum Gasteiger partial charge on any atom is 0.146 e. The molecule has 318 valence electrons. The molecule has 0 radical (unpaired) electrons. The normalized spacial score (nSPS) is 13.2. The van der Waals surface area contributed by atoms with E-state index < -0.39 is 0 Å². The zero-order valence-electron chi connectivity index (χ0n) is 38.5. The second-order valence-corrected chi connectivity index (χ2v) is 21.2. The number of hydrogen-bond acceptors (Lipinski definition) is 1. The maximum atomic E-state index is 5.99. The van der Waals surface area contributed by atoms with Crippen LogP contribution >= 0.6 is 0 Å². The Kier molecular flexibility index (Phi) is 6.94. The highest BCUT2D eigenvalue weighted by molar-refractivity contribution is 6.33. The molecule has 0 aliphatic heterocycles. The van der Waals surface area contributed by atoms with Gasteiger partial charge >= 0.3 is 0 Å². The Morgan fingerprint density at radius 3 is 1.76 bits per heavy atom. The summed E-state index contributed by atoms with van der Waals surface area (Å²) in [6, 6.07) is 64.0. The standard InChI is InChI=1S/C63H46N4/c1-62(2,3)38-31-48-49-34-54-56(51-33-39(63(4,5)6)30-47-44-26-24-35-16-10-13-21-42(35)57(44)66(54)59(47)51)64-61(49)67-58(48)50(32-38)55-41-20-12-11-17-36(41)28-45(60(55)67)37-25-27-53-46(29-37)43-22-14-15-23-52(43)65(53)40-18-8-7-9-19-40/h7-34H,1-6H3. The summed E-state index contributed by atoms with van der Waals surface area (Å²) in [5.41, 5.74) is 16.7. The molecule has 9 aromatic carbocycles. The van der Waals surface area contributed by atoms with Crippen LogP contribution in [0.2, 0.25) is 0 Å². The fourth-order valence-corrected chi connectivity index (χ4v) is 12.1. The molecule has 0 amide bonds. The van der Waals surface area contributed by atoms with Crippen molar-refractivity contribution in [2.24, 2.45) is 0 Å². The highest BCUT2D eigenvalue weighted by Gasteiger charge is 2.29. The highest BCUT2D eigenvalue weighted by Crippen LogP contribution is 2.50. The minimum atomic E-state index is -0.0846. The van der Waals surface area contributed by atoms with E-state index in [-0.39, 0.29) is 10.8 Å². The first kappa shape index (κ1) is 37.3. The lowest BCUT2D eigenvalue weighted by molar-refractivity contribution is 0.591. The topological polar surface area (TPSA) is 26.6 Å². The van der Waals surface area contributed by atoms with Gasteiger partial charge in [0, 0.05) is 65.1 Å². The minimum absolute atomic E-state index is 0.0533. The van der Waals surface area contributed by atoms with Crippen molar-refractivity contribution in [1.82, 2.24) is 18.4 Å².